The topological polar surface area (TPSA) is 34.0 Å². The molecule has 0 saturated heterocycles. The molecule has 0 amide bonds. The summed E-state index contributed by atoms with van der Waals surface area (Å²) in [6.45, 7) is 2.10. The van der Waals surface area contributed by atoms with E-state index in [4.69, 9.17) is 14.7 Å². The molecule has 0 aliphatic carbocycles. The van der Waals surface area contributed by atoms with Crippen molar-refractivity contribution in [3.8, 4) is 5.75 Å². The third-order valence-electron chi connectivity index (χ3n) is 3.49. The maximum Gasteiger partial charge on any atom is 0.200 e. The van der Waals surface area contributed by atoms with Crippen molar-refractivity contribution in [3.63, 3.8) is 0 Å². The molecule has 2 aliphatic rings. The molecule has 1 atom stereocenters. The van der Waals surface area contributed by atoms with E-state index in [1.807, 2.05) is 35.1 Å². The van der Waals surface area contributed by atoms with Gasteiger partial charge in [-0.25, -0.2) is 9.98 Å². The number of rotatable bonds is 3. The number of benzene rings is 2. The van der Waals surface area contributed by atoms with Crippen LogP contribution in [0.15, 0.2) is 58.5 Å². The molecule has 4 rings (SSSR count). The molecule has 2 heterocycles. The molecule has 0 saturated carbocycles. The molecule has 0 fully saturated rings. The molecule has 0 aromatic heterocycles. The van der Waals surface area contributed by atoms with E-state index in [1.165, 1.54) is 11.1 Å². The highest BCUT2D eigenvalue weighted by atomic mass is 33.5. The Hall–Kier alpha value is -1.50. The summed E-state index contributed by atoms with van der Waals surface area (Å²) in [6.07, 6.45) is 0. The molecular formula is C17H14N2OS3. The third-order valence-corrected chi connectivity index (χ3v) is 9.22. The molecule has 1 unspecified atom stereocenters. The Labute approximate surface area is 145 Å². The summed E-state index contributed by atoms with van der Waals surface area (Å²) in [5, 5.41) is 3.07. The fourth-order valence-corrected chi connectivity index (χ4v) is 7.95. The third kappa shape index (κ3) is 2.98. The molecule has 2 aromatic carbocycles. The number of nitrogens with zero attached hydrogens (tertiary/aromatic N) is 2. The number of aliphatic imine (C=N–C) groups is 2. The number of methoxy groups -OCH3 is 1. The fraction of sp³-hybridized carbons (Fsp3) is 0.118. The Balaban J connectivity index is 1.56. The van der Waals surface area contributed by atoms with Crippen LogP contribution in [0, 0.1) is 6.92 Å². The number of hydrogen-bond donors (Lipinski definition) is 0. The lowest BCUT2D eigenvalue weighted by Gasteiger charge is -2.05. The second-order valence-electron chi connectivity index (χ2n) is 5.11. The second kappa shape index (κ2) is 6.19. The Bertz CT molecular complexity index is 852. The highest BCUT2D eigenvalue weighted by molar-refractivity contribution is 9.21. The fourth-order valence-electron chi connectivity index (χ4n) is 2.20. The van der Waals surface area contributed by atoms with Crippen LogP contribution in [0.25, 0.3) is 0 Å². The maximum atomic E-state index is 5.20. The zero-order valence-electron chi connectivity index (χ0n) is 12.6. The predicted octanol–water partition coefficient (Wildman–Crippen LogP) is 4.88. The highest BCUT2D eigenvalue weighted by Gasteiger charge is 2.27. The molecule has 2 aromatic rings. The maximum absolute atomic E-state index is 5.20. The van der Waals surface area contributed by atoms with Gasteiger partial charge in [-0.15, -0.1) is 0 Å². The van der Waals surface area contributed by atoms with E-state index in [-0.39, 0.29) is 8.55 Å². The van der Waals surface area contributed by atoms with Gasteiger partial charge in [-0.1, -0.05) is 29.8 Å². The van der Waals surface area contributed by atoms with Gasteiger partial charge < -0.3 is 4.74 Å². The lowest BCUT2D eigenvalue weighted by molar-refractivity contribution is 0.415. The van der Waals surface area contributed by atoms with Crippen molar-refractivity contribution in [1.29, 1.82) is 0 Å². The summed E-state index contributed by atoms with van der Waals surface area (Å²) in [6, 6.07) is 16.5. The van der Waals surface area contributed by atoms with E-state index in [0.717, 1.165) is 26.5 Å². The first-order valence-corrected chi connectivity index (χ1v) is 11.0. The lowest BCUT2D eigenvalue weighted by Crippen LogP contribution is -1.97. The summed E-state index contributed by atoms with van der Waals surface area (Å²) in [7, 11) is 5.26. The van der Waals surface area contributed by atoms with Crippen LogP contribution in [0.5, 0.6) is 5.75 Å². The van der Waals surface area contributed by atoms with Gasteiger partial charge in [0.1, 0.15) is 15.8 Å². The minimum Gasteiger partial charge on any atom is -0.497 e. The number of ether oxygens (including phenoxy) is 1. The molecule has 3 nitrogen and oxygen atoms in total. The molecule has 0 N–H and O–H groups in total. The van der Waals surface area contributed by atoms with Gasteiger partial charge in [0, 0.05) is 11.1 Å². The summed E-state index contributed by atoms with van der Waals surface area (Å²) in [5.74, 6) is 0.863. The molecule has 6 heteroatoms. The molecule has 0 spiro atoms. The quantitative estimate of drug-likeness (QED) is 0.579. The van der Waals surface area contributed by atoms with E-state index in [2.05, 4.69) is 31.2 Å². The largest absolute Gasteiger partial charge is 0.497 e. The Morgan fingerprint density at radius 1 is 0.826 bits per heavy atom. The van der Waals surface area contributed by atoms with Crippen LogP contribution in [0.3, 0.4) is 0 Å². The number of hydrogen-bond acceptors (Lipinski definition) is 5. The van der Waals surface area contributed by atoms with Gasteiger partial charge >= 0.3 is 0 Å². The molecule has 23 heavy (non-hydrogen) atoms. The van der Waals surface area contributed by atoms with Crippen molar-refractivity contribution in [1.82, 2.24) is 0 Å². The van der Waals surface area contributed by atoms with Crippen LogP contribution in [-0.2, 0) is 0 Å². The van der Waals surface area contributed by atoms with Crippen LogP contribution >= 0.6 is 30.1 Å². The summed E-state index contributed by atoms with van der Waals surface area (Å²) in [4.78, 5) is 9.46. The van der Waals surface area contributed by atoms with Gasteiger partial charge in [0.2, 0.25) is 5.11 Å². The zero-order chi connectivity index (χ0) is 15.8. The minimum absolute atomic E-state index is 0.0302. The first kappa shape index (κ1) is 15.1. The average molecular weight is 359 g/mol. The van der Waals surface area contributed by atoms with E-state index in [1.54, 1.807) is 17.9 Å². The Morgan fingerprint density at radius 2 is 1.35 bits per heavy atom. The molecule has 0 bridgehead atoms. The highest BCUT2D eigenvalue weighted by Crippen LogP contribution is 2.55. The van der Waals surface area contributed by atoms with Crippen LogP contribution in [0.4, 0.5) is 0 Å². The molecule has 2 aliphatic heterocycles. The normalized spacial score (nSPS) is 19.4. The summed E-state index contributed by atoms with van der Waals surface area (Å²) < 4.78 is 5.20. The first-order valence-electron chi connectivity index (χ1n) is 7.10. The Morgan fingerprint density at radius 3 is 1.83 bits per heavy atom. The Kier molecular flexibility index (Phi) is 4.05. The van der Waals surface area contributed by atoms with Crippen molar-refractivity contribution in [2.24, 2.45) is 9.98 Å². The zero-order valence-corrected chi connectivity index (χ0v) is 15.1. The SMILES string of the molecule is COc1ccc(C2=NC3=S(SC(c4ccc(C)cc4)=N3)S2)cc1. The van der Waals surface area contributed by atoms with Crippen LogP contribution < -0.4 is 4.74 Å². The van der Waals surface area contributed by atoms with Gasteiger partial charge in [-0.3, -0.25) is 0 Å². The van der Waals surface area contributed by atoms with Crippen LogP contribution in [0.1, 0.15) is 16.7 Å². The monoisotopic (exact) mass is 358 g/mol. The standard InChI is InChI=1S/C17H14N2OS3/c1-11-3-5-12(6-4-11)15-18-17-19-16(22-23(17)21-15)13-7-9-14(20-2)10-8-13/h3-10H,1-2H3. The molecule has 0 radical (unpaired) electrons. The lowest BCUT2D eigenvalue weighted by atomic mass is 10.2. The van der Waals surface area contributed by atoms with Crippen LogP contribution in [-0.4, -0.2) is 22.3 Å². The smallest absolute Gasteiger partial charge is 0.200 e. The van der Waals surface area contributed by atoms with E-state index in [9.17, 15) is 0 Å². The minimum atomic E-state index is -0.0302. The van der Waals surface area contributed by atoms with Crippen molar-refractivity contribution in [3.05, 3.63) is 65.2 Å². The van der Waals surface area contributed by atoms with Crippen molar-refractivity contribution in [2.45, 2.75) is 6.92 Å². The molecular weight excluding hydrogens is 344 g/mol. The van der Waals surface area contributed by atoms with Crippen molar-refractivity contribution < 1.29 is 4.74 Å². The second-order valence-corrected chi connectivity index (χ2v) is 10.7. The van der Waals surface area contributed by atoms with Gasteiger partial charge in [0.15, 0.2) is 0 Å². The van der Waals surface area contributed by atoms with E-state index >= 15 is 0 Å². The summed E-state index contributed by atoms with van der Waals surface area (Å²) >= 11 is 0. The van der Waals surface area contributed by atoms with Gasteiger partial charge in [0.05, 0.1) is 7.11 Å². The van der Waals surface area contributed by atoms with E-state index in [0.29, 0.717) is 0 Å². The summed E-state index contributed by atoms with van der Waals surface area (Å²) in [5.41, 5.74) is 3.57. The van der Waals surface area contributed by atoms with Crippen LogP contribution in [0.2, 0.25) is 0 Å². The first-order chi connectivity index (χ1) is 11.2. The van der Waals surface area contributed by atoms with Crippen molar-refractivity contribution >= 4 is 45.3 Å². The van der Waals surface area contributed by atoms with Gasteiger partial charge in [-0.05, 0) is 61.3 Å². The predicted molar refractivity (Wildman–Crippen MR) is 105 cm³/mol. The van der Waals surface area contributed by atoms with Gasteiger partial charge in [-0.2, -0.15) is 0 Å². The van der Waals surface area contributed by atoms with Gasteiger partial charge in [0.25, 0.3) is 0 Å². The number of aryl methyl sites for hydroxylation is 1. The van der Waals surface area contributed by atoms with E-state index < -0.39 is 0 Å². The average Bonchev–Trinajstić information content (AvgIpc) is 3.14. The molecule has 116 valence electrons. The van der Waals surface area contributed by atoms with Crippen molar-refractivity contribution in [2.75, 3.05) is 7.11 Å².